The minimum Gasteiger partial charge on any atom is -0.335 e. The van der Waals surface area contributed by atoms with Gasteiger partial charge in [-0.05, 0) is 34.8 Å². The molecule has 3 rings (SSSR count). The number of hydrogen-bond acceptors (Lipinski definition) is 4. The number of hydrogen-bond donors (Lipinski definition) is 2. The zero-order chi connectivity index (χ0) is 18.7. The van der Waals surface area contributed by atoms with Gasteiger partial charge in [0, 0.05) is 27.7 Å². The molecule has 0 aromatic carbocycles. The summed E-state index contributed by atoms with van der Waals surface area (Å²) in [4.78, 5) is 19.8. The maximum atomic E-state index is 12.7. The van der Waals surface area contributed by atoms with Gasteiger partial charge in [-0.3, -0.25) is 5.32 Å². The predicted octanol–water partition coefficient (Wildman–Crippen LogP) is 5.44. The van der Waals surface area contributed by atoms with E-state index in [4.69, 9.17) is 0 Å². The summed E-state index contributed by atoms with van der Waals surface area (Å²) < 4.78 is 38.7. The molecule has 0 radical (unpaired) electrons. The van der Waals surface area contributed by atoms with Gasteiger partial charge in [0.2, 0.25) is 0 Å². The van der Waals surface area contributed by atoms with Crippen LogP contribution in [0, 0.1) is 0 Å². The summed E-state index contributed by atoms with van der Waals surface area (Å²) in [5, 5.41) is 6.70. The molecule has 140 valence electrons. The Kier molecular flexibility index (Phi) is 5.81. The lowest BCUT2D eigenvalue weighted by atomic mass is 9.96. The third kappa shape index (κ3) is 4.73. The fraction of sp³-hybridized carbons (Fsp3) is 0.438. The largest absolute Gasteiger partial charge is 0.434 e. The minimum absolute atomic E-state index is 0.145. The summed E-state index contributed by atoms with van der Waals surface area (Å²) in [6.45, 7) is 0. The van der Waals surface area contributed by atoms with Crippen LogP contribution in [0.25, 0.3) is 10.6 Å². The number of nitrogens with one attached hydrogen (secondary N) is 2. The van der Waals surface area contributed by atoms with Gasteiger partial charge in [-0.15, -0.1) is 11.3 Å². The first-order chi connectivity index (χ1) is 12.3. The maximum Gasteiger partial charge on any atom is 0.434 e. The zero-order valence-corrected chi connectivity index (χ0v) is 16.0. The third-order valence-electron chi connectivity index (χ3n) is 4.06. The van der Waals surface area contributed by atoms with E-state index in [1.54, 1.807) is 0 Å². The smallest absolute Gasteiger partial charge is 0.335 e. The molecule has 10 heteroatoms. The lowest BCUT2D eigenvalue weighted by Gasteiger charge is -2.22. The van der Waals surface area contributed by atoms with Crippen molar-refractivity contribution in [1.82, 2.24) is 15.3 Å². The highest BCUT2D eigenvalue weighted by atomic mass is 79.9. The van der Waals surface area contributed by atoms with Gasteiger partial charge >= 0.3 is 12.2 Å². The Bertz CT molecular complexity index is 790. The second kappa shape index (κ2) is 7.91. The van der Waals surface area contributed by atoms with Crippen LogP contribution < -0.4 is 10.6 Å². The van der Waals surface area contributed by atoms with E-state index < -0.39 is 11.9 Å². The van der Waals surface area contributed by atoms with Gasteiger partial charge in [-0.1, -0.05) is 19.3 Å². The Hall–Kier alpha value is -1.68. The van der Waals surface area contributed by atoms with Crippen molar-refractivity contribution < 1.29 is 18.0 Å². The van der Waals surface area contributed by atoms with Crippen LogP contribution in [0.5, 0.6) is 0 Å². The van der Waals surface area contributed by atoms with E-state index in [1.807, 2.05) is 0 Å². The Balaban J connectivity index is 1.73. The van der Waals surface area contributed by atoms with Gasteiger partial charge in [0.15, 0.2) is 5.69 Å². The van der Waals surface area contributed by atoms with Crippen LogP contribution in [-0.4, -0.2) is 22.0 Å². The second-order valence-corrected chi connectivity index (χ2v) is 7.73. The highest BCUT2D eigenvalue weighted by Gasteiger charge is 2.34. The highest BCUT2D eigenvalue weighted by molar-refractivity contribution is 9.10. The summed E-state index contributed by atoms with van der Waals surface area (Å²) in [5.74, 6) is 0.250. The number of amides is 2. The Morgan fingerprint density at radius 2 is 2.00 bits per heavy atom. The van der Waals surface area contributed by atoms with Crippen molar-refractivity contribution in [2.24, 2.45) is 0 Å². The van der Waals surface area contributed by atoms with Gasteiger partial charge in [0.05, 0.1) is 0 Å². The second-order valence-electron chi connectivity index (χ2n) is 6.02. The lowest BCUT2D eigenvalue weighted by Crippen LogP contribution is -2.39. The number of nitrogens with zero attached hydrogens (tertiary/aromatic N) is 2. The summed E-state index contributed by atoms with van der Waals surface area (Å²) in [7, 11) is 0. The zero-order valence-electron chi connectivity index (χ0n) is 13.6. The molecule has 2 heterocycles. The molecule has 1 aliphatic carbocycles. The van der Waals surface area contributed by atoms with Gasteiger partial charge < -0.3 is 5.32 Å². The number of carbonyl (C=O) groups is 1. The SMILES string of the molecule is O=C(Nc1cc(-c2nc(C(F)(F)F)cs2)c(Br)cn1)NC1CCCCC1. The van der Waals surface area contributed by atoms with Crippen molar-refractivity contribution in [2.75, 3.05) is 5.32 Å². The highest BCUT2D eigenvalue weighted by Crippen LogP contribution is 2.36. The van der Waals surface area contributed by atoms with E-state index in [9.17, 15) is 18.0 Å². The van der Waals surface area contributed by atoms with Gasteiger partial charge in [0.1, 0.15) is 10.8 Å². The van der Waals surface area contributed by atoms with Crippen LogP contribution >= 0.6 is 27.3 Å². The summed E-state index contributed by atoms with van der Waals surface area (Å²) in [6, 6.07) is 1.28. The molecule has 2 aromatic heterocycles. The van der Waals surface area contributed by atoms with Crippen molar-refractivity contribution in [3.8, 4) is 10.6 Å². The molecule has 1 saturated carbocycles. The molecule has 2 N–H and O–H groups in total. The molecule has 0 saturated heterocycles. The van der Waals surface area contributed by atoms with Crippen molar-refractivity contribution in [3.63, 3.8) is 0 Å². The van der Waals surface area contributed by atoms with Crippen LogP contribution in [0.1, 0.15) is 37.8 Å². The fourth-order valence-corrected chi connectivity index (χ4v) is 4.18. The molecule has 5 nitrogen and oxygen atoms in total. The van der Waals surface area contributed by atoms with Crippen molar-refractivity contribution >= 4 is 39.1 Å². The molecule has 2 aromatic rings. The number of aromatic nitrogens is 2. The first-order valence-electron chi connectivity index (χ1n) is 8.09. The van der Waals surface area contributed by atoms with Crippen LogP contribution in [0.3, 0.4) is 0 Å². The molecule has 0 unspecified atom stereocenters. The molecule has 0 bridgehead atoms. The Morgan fingerprint density at radius 1 is 1.27 bits per heavy atom. The van der Waals surface area contributed by atoms with E-state index in [2.05, 4.69) is 36.5 Å². The average Bonchev–Trinajstić information content (AvgIpc) is 3.07. The van der Waals surface area contributed by atoms with Gasteiger partial charge in [-0.2, -0.15) is 13.2 Å². The number of alkyl halides is 3. The van der Waals surface area contributed by atoms with E-state index in [0.717, 1.165) is 42.4 Å². The van der Waals surface area contributed by atoms with Crippen LogP contribution in [0.2, 0.25) is 0 Å². The fourth-order valence-electron chi connectivity index (χ4n) is 2.78. The number of pyridine rings is 1. The van der Waals surface area contributed by atoms with Gasteiger partial charge in [-0.25, -0.2) is 14.8 Å². The lowest BCUT2D eigenvalue weighted by molar-refractivity contribution is -0.140. The number of thiazole rings is 1. The standard InChI is InChI=1S/C16H16BrF3N4OS/c17-11-7-21-13(24-15(25)22-9-4-2-1-3-5-9)6-10(11)14-23-12(8-26-14)16(18,19)20/h6-9H,1-5H2,(H2,21,22,24,25). The molecule has 26 heavy (non-hydrogen) atoms. The van der Waals surface area contributed by atoms with Crippen LogP contribution in [0.15, 0.2) is 22.1 Å². The Morgan fingerprint density at radius 3 is 2.65 bits per heavy atom. The van der Waals surface area contributed by atoms with E-state index >= 15 is 0 Å². The normalized spacial score (nSPS) is 15.7. The number of urea groups is 1. The van der Waals surface area contributed by atoms with Crippen molar-refractivity contribution in [2.45, 2.75) is 44.3 Å². The van der Waals surface area contributed by atoms with Crippen molar-refractivity contribution in [3.05, 3.63) is 27.8 Å². The van der Waals surface area contributed by atoms with Crippen LogP contribution in [-0.2, 0) is 6.18 Å². The minimum atomic E-state index is -4.49. The molecule has 0 atom stereocenters. The molecule has 2 amide bonds. The molecule has 0 spiro atoms. The number of halogens is 4. The summed E-state index contributed by atoms with van der Waals surface area (Å²) >= 11 is 4.15. The molecule has 1 aliphatic rings. The Labute approximate surface area is 160 Å². The predicted molar refractivity (Wildman–Crippen MR) is 97.1 cm³/mol. The average molecular weight is 449 g/mol. The van der Waals surface area contributed by atoms with Crippen molar-refractivity contribution in [1.29, 1.82) is 0 Å². The van der Waals surface area contributed by atoms with Gasteiger partial charge in [0.25, 0.3) is 0 Å². The maximum absolute atomic E-state index is 12.7. The molecule has 0 aliphatic heterocycles. The topological polar surface area (TPSA) is 66.9 Å². The summed E-state index contributed by atoms with van der Waals surface area (Å²) in [6.07, 6.45) is 2.21. The third-order valence-corrected chi connectivity index (χ3v) is 5.57. The quantitative estimate of drug-likeness (QED) is 0.656. The molecular weight excluding hydrogens is 433 g/mol. The number of carbonyl (C=O) groups excluding carboxylic acids is 1. The molecule has 1 fully saturated rings. The molecular formula is C16H16BrF3N4OS. The monoisotopic (exact) mass is 448 g/mol. The van der Waals surface area contributed by atoms with E-state index in [-0.39, 0.29) is 22.9 Å². The number of anilines is 1. The van der Waals surface area contributed by atoms with Crippen LogP contribution in [0.4, 0.5) is 23.8 Å². The first kappa shape index (κ1) is 19.1. The van der Waals surface area contributed by atoms with E-state index in [0.29, 0.717) is 10.0 Å². The first-order valence-corrected chi connectivity index (χ1v) is 9.76. The van der Waals surface area contributed by atoms with E-state index in [1.165, 1.54) is 18.7 Å². The summed E-state index contributed by atoms with van der Waals surface area (Å²) in [5.41, 5.74) is -0.501. The number of rotatable bonds is 3.